The summed E-state index contributed by atoms with van der Waals surface area (Å²) < 4.78 is 27.4. The van der Waals surface area contributed by atoms with Gasteiger partial charge in [-0.25, -0.2) is 13.1 Å². The second-order valence-corrected chi connectivity index (χ2v) is 8.87. The van der Waals surface area contributed by atoms with E-state index >= 15 is 0 Å². The lowest BCUT2D eigenvalue weighted by atomic mass is 10.1. The number of halogens is 1. The summed E-state index contributed by atoms with van der Waals surface area (Å²) >= 11 is 5.90. The van der Waals surface area contributed by atoms with Gasteiger partial charge in [0.2, 0.25) is 15.9 Å². The number of nitrogens with zero attached hydrogens (tertiary/aromatic N) is 1. The van der Waals surface area contributed by atoms with E-state index in [9.17, 15) is 13.2 Å². The van der Waals surface area contributed by atoms with Crippen molar-refractivity contribution in [2.45, 2.75) is 32.1 Å². The standard InChI is InChI=1S/C19H21ClN2O3S/c1-13-8-14(2)10-17(9-13)22-7-6-18(19(22)23)21-26(24,25)12-15-4-3-5-16(20)11-15/h3-5,8-11,18,21H,6-7,12H2,1-2H3/t18-/m1/s1. The number of carbonyl (C=O) groups excluding carboxylic acids is 1. The molecule has 1 aliphatic rings. The molecule has 1 saturated heterocycles. The van der Waals surface area contributed by atoms with Crippen LogP contribution in [-0.2, 0) is 20.6 Å². The van der Waals surface area contributed by atoms with E-state index in [-0.39, 0.29) is 11.7 Å². The van der Waals surface area contributed by atoms with Crippen LogP contribution in [0.1, 0.15) is 23.1 Å². The minimum atomic E-state index is -3.65. The maximum absolute atomic E-state index is 12.7. The van der Waals surface area contributed by atoms with E-state index in [1.165, 1.54) is 0 Å². The fourth-order valence-electron chi connectivity index (χ4n) is 3.26. The summed E-state index contributed by atoms with van der Waals surface area (Å²) in [5.41, 5.74) is 3.53. The van der Waals surface area contributed by atoms with Crippen LogP contribution in [-0.4, -0.2) is 26.9 Å². The zero-order chi connectivity index (χ0) is 18.9. The van der Waals surface area contributed by atoms with Gasteiger partial charge in [-0.1, -0.05) is 29.8 Å². The van der Waals surface area contributed by atoms with Crippen LogP contribution in [0.3, 0.4) is 0 Å². The quantitative estimate of drug-likeness (QED) is 0.849. The Bertz CT molecular complexity index is 923. The van der Waals surface area contributed by atoms with Gasteiger partial charge in [0.1, 0.15) is 6.04 Å². The van der Waals surface area contributed by atoms with Gasteiger partial charge in [-0.2, -0.15) is 0 Å². The molecular formula is C19H21ClN2O3S. The molecule has 2 aromatic rings. The van der Waals surface area contributed by atoms with Crippen LogP contribution < -0.4 is 9.62 Å². The summed E-state index contributed by atoms with van der Waals surface area (Å²) in [6.07, 6.45) is 0.445. The van der Waals surface area contributed by atoms with Crippen molar-refractivity contribution in [1.82, 2.24) is 4.72 Å². The number of benzene rings is 2. The molecule has 7 heteroatoms. The largest absolute Gasteiger partial charge is 0.311 e. The lowest BCUT2D eigenvalue weighted by Crippen LogP contribution is -2.42. The number of amides is 1. The number of carbonyl (C=O) groups is 1. The third kappa shape index (κ3) is 4.44. The van der Waals surface area contributed by atoms with Crippen molar-refractivity contribution in [2.75, 3.05) is 11.4 Å². The molecule has 0 bridgehead atoms. The Morgan fingerprint density at radius 2 is 1.85 bits per heavy atom. The lowest BCUT2D eigenvalue weighted by Gasteiger charge is -2.18. The molecule has 3 rings (SSSR count). The molecule has 5 nitrogen and oxygen atoms in total. The topological polar surface area (TPSA) is 66.5 Å². The fraction of sp³-hybridized carbons (Fsp3) is 0.316. The van der Waals surface area contributed by atoms with E-state index in [2.05, 4.69) is 4.72 Å². The Balaban J connectivity index is 1.72. The highest BCUT2D eigenvalue weighted by Gasteiger charge is 2.35. The second-order valence-electron chi connectivity index (χ2n) is 6.68. The van der Waals surface area contributed by atoms with Gasteiger partial charge in [-0.15, -0.1) is 0 Å². The highest BCUT2D eigenvalue weighted by Crippen LogP contribution is 2.25. The molecule has 26 heavy (non-hydrogen) atoms. The van der Waals surface area contributed by atoms with Gasteiger partial charge in [-0.05, 0) is 61.2 Å². The maximum atomic E-state index is 12.7. The van der Waals surface area contributed by atoms with Gasteiger partial charge in [0.15, 0.2) is 0 Å². The molecule has 138 valence electrons. The number of hydrogen-bond acceptors (Lipinski definition) is 3. The van der Waals surface area contributed by atoms with Gasteiger partial charge in [0.05, 0.1) is 5.75 Å². The third-order valence-electron chi connectivity index (χ3n) is 4.29. The van der Waals surface area contributed by atoms with E-state index in [1.54, 1.807) is 29.2 Å². The van der Waals surface area contributed by atoms with Crippen molar-refractivity contribution >= 4 is 33.2 Å². The first-order chi connectivity index (χ1) is 12.2. The van der Waals surface area contributed by atoms with E-state index < -0.39 is 16.1 Å². The molecule has 0 radical (unpaired) electrons. The smallest absolute Gasteiger partial charge is 0.245 e. The van der Waals surface area contributed by atoms with Crippen molar-refractivity contribution in [1.29, 1.82) is 0 Å². The summed E-state index contributed by atoms with van der Waals surface area (Å²) in [6, 6.07) is 11.9. The molecule has 1 N–H and O–H groups in total. The van der Waals surface area contributed by atoms with Crippen LogP contribution in [0.2, 0.25) is 5.02 Å². The molecule has 0 spiro atoms. The van der Waals surface area contributed by atoms with Crippen molar-refractivity contribution in [3.8, 4) is 0 Å². The first-order valence-corrected chi connectivity index (χ1v) is 10.4. The van der Waals surface area contributed by atoms with Gasteiger partial charge in [-0.3, -0.25) is 4.79 Å². The molecule has 1 heterocycles. The minimum absolute atomic E-state index is 0.207. The summed E-state index contributed by atoms with van der Waals surface area (Å²) in [7, 11) is -3.65. The lowest BCUT2D eigenvalue weighted by molar-refractivity contribution is -0.118. The van der Waals surface area contributed by atoms with Crippen LogP contribution in [0.15, 0.2) is 42.5 Å². The summed E-state index contributed by atoms with van der Waals surface area (Å²) in [5, 5.41) is 0.482. The molecule has 0 aromatic heterocycles. The van der Waals surface area contributed by atoms with E-state index in [1.807, 2.05) is 32.0 Å². The number of hydrogen-bond donors (Lipinski definition) is 1. The number of sulfonamides is 1. The van der Waals surface area contributed by atoms with Crippen LogP contribution in [0.25, 0.3) is 0 Å². The molecule has 2 aromatic carbocycles. The van der Waals surface area contributed by atoms with Crippen molar-refractivity contribution < 1.29 is 13.2 Å². The second kappa shape index (κ2) is 7.39. The first kappa shape index (κ1) is 18.9. The Hall–Kier alpha value is -1.89. The Morgan fingerprint density at radius 1 is 1.15 bits per heavy atom. The van der Waals surface area contributed by atoms with Gasteiger partial charge in [0.25, 0.3) is 0 Å². The van der Waals surface area contributed by atoms with Crippen molar-refractivity contribution in [2.24, 2.45) is 0 Å². The van der Waals surface area contributed by atoms with Crippen LogP contribution in [0, 0.1) is 13.8 Å². The normalized spacial score (nSPS) is 17.7. The summed E-state index contributed by atoms with van der Waals surface area (Å²) in [5.74, 6) is -0.425. The third-order valence-corrected chi connectivity index (χ3v) is 5.88. The predicted molar refractivity (Wildman–Crippen MR) is 104 cm³/mol. The molecule has 1 atom stereocenters. The molecule has 1 aliphatic heterocycles. The van der Waals surface area contributed by atoms with Gasteiger partial charge in [0, 0.05) is 17.3 Å². The maximum Gasteiger partial charge on any atom is 0.245 e. The van der Waals surface area contributed by atoms with Crippen molar-refractivity contribution in [3.63, 3.8) is 0 Å². The summed E-state index contributed by atoms with van der Waals surface area (Å²) in [6.45, 7) is 4.44. The molecule has 0 unspecified atom stereocenters. The zero-order valence-corrected chi connectivity index (χ0v) is 16.3. The summed E-state index contributed by atoms with van der Waals surface area (Å²) in [4.78, 5) is 14.3. The molecular weight excluding hydrogens is 372 g/mol. The monoisotopic (exact) mass is 392 g/mol. The predicted octanol–water partition coefficient (Wildman–Crippen LogP) is 3.18. The molecule has 1 fully saturated rings. The minimum Gasteiger partial charge on any atom is -0.311 e. The Labute approximate surface area is 159 Å². The van der Waals surface area contributed by atoms with Crippen molar-refractivity contribution in [3.05, 3.63) is 64.2 Å². The van der Waals surface area contributed by atoms with Crippen LogP contribution in [0.5, 0.6) is 0 Å². The SMILES string of the molecule is Cc1cc(C)cc(N2CC[C@@H](NS(=O)(=O)Cc3cccc(Cl)c3)C2=O)c1. The first-order valence-electron chi connectivity index (χ1n) is 8.38. The van der Waals surface area contributed by atoms with Crippen LogP contribution in [0.4, 0.5) is 5.69 Å². The Morgan fingerprint density at radius 3 is 2.50 bits per heavy atom. The highest BCUT2D eigenvalue weighted by molar-refractivity contribution is 7.88. The van der Waals surface area contributed by atoms with E-state index in [0.717, 1.165) is 16.8 Å². The number of rotatable bonds is 5. The van der Waals surface area contributed by atoms with E-state index in [4.69, 9.17) is 11.6 Å². The number of nitrogens with one attached hydrogen (secondary N) is 1. The molecule has 0 aliphatic carbocycles. The van der Waals surface area contributed by atoms with Gasteiger partial charge >= 0.3 is 0 Å². The van der Waals surface area contributed by atoms with Gasteiger partial charge < -0.3 is 4.90 Å². The molecule has 0 saturated carbocycles. The molecule has 1 amide bonds. The van der Waals surface area contributed by atoms with Crippen LogP contribution >= 0.6 is 11.6 Å². The number of anilines is 1. The highest BCUT2D eigenvalue weighted by atomic mass is 35.5. The fourth-order valence-corrected chi connectivity index (χ4v) is 4.82. The Kier molecular flexibility index (Phi) is 5.37. The number of aryl methyl sites for hydroxylation is 2. The zero-order valence-electron chi connectivity index (χ0n) is 14.7. The van der Waals surface area contributed by atoms with E-state index in [0.29, 0.717) is 23.6 Å². The average Bonchev–Trinajstić information content (AvgIpc) is 2.86. The average molecular weight is 393 g/mol.